The molecule has 1 N–H and O–H groups in total. The number of hydrogen-bond acceptors (Lipinski definition) is 3. The molecular formula is C15H16F5NO3S. The minimum atomic E-state index is -4.79. The van der Waals surface area contributed by atoms with E-state index in [9.17, 15) is 35.2 Å². The maximum absolute atomic E-state index is 13.0. The first-order chi connectivity index (χ1) is 11.5. The quantitative estimate of drug-likeness (QED) is 0.807. The number of sulfone groups is 1. The molecule has 0 aromatic heterocycles. The summed E-state index contributed by atoms with van der Waals surface area (Å²) < 4.78 is 86.6. The minimum absolute atomic E-state index is 0.0694. The first kappa shape index (κ1) is 19.6. The van der Waals surface area contributed by atoms with E-state index in [-0.39, 0.29) is 18.4 Å². The molecular weight excluding hydrogens is 369 g/mol. The van der Waals surface area contributed by atoms with E-state index in [1.165, 1.54) is 0 Å². The van der Waals surface area contributed by atoms with Gasteiger partial charge in [-0.05, 0) is 37.1 Å². The molecule has 25 heavy (non-hydrogen) atoms. The van der Waals surface area contributed by atoms with Gasteiger partial charge in [0.1, 0.15) is 0 Å². The summed E-state index contributed by atoms with van der Waals surface area (Å²) in [7, 11) is -4.79. The first-order valence-electron chi connectivity index (χ1n) is 7.53. The number of rotatable bonds is 4. The molecule has 0 heterocycles. The Hall–Kier alpha value is -1.71. The molecule has 10 heteroatoms. The van der Waals surface area contributed by atoms with Gasteiger partial charge in [0.15, 0.2) is 0 Å². The second-order valence-electron chi connectivity index (χ2n) is 5.84. The Morgan fingerprint density at radius 1 is 1.08 bits per heavy atom. The van der Waals surface area contributed by atoms with Crippen molar-refractivity contribution in [1.82, 2.24) is 5.32 Å². The van der Waals surface area contributed by atoms with Crippen LogP contribution in [0.5, 0.6) is 0 Å². The lowest BCUT2D eigenvalue weighted by Gasteiger charge is -2.33. The lowest BCUT2D eigenvalue weighted by atomic mass is 9.84. The van der Waals surface area contributed by atoms with Gasteiger partial charge in [-0.15, -0.1) is 0 Å². The Labute approximate surface area is 141 Å². The second kappa shape index (κ2) is 7.27. The average Bonchev–Trinajstić information content (AvgIpc) is 2.54. The first-order valence-corrected chi connectivity index (χ1v) is 9.08. The Morgan fingerprint density at radius 3 is 2.16 bits per heavy atom. The highest BCUT2D eigenvalue weighted by Crippen LogP contribution is 2.37. The van der Waals surface area contributed by atoms with Crippen molar-refractivity contribution in [2.24, 2.45) is 5.92 Å². The fourth-order valence-corrected chi connectivity index (χ4v) is 3.57. The van der Waals surface area contributed by atoms with E-state index >= 15 is 0 Å². The van der Waals surface area contributed by atoms with Crippen molar-refractivity contribution in [3.05, 3.63) is 29.8 Å². The van der Waals surface area contributed by atoms with Crippen molar-refractivity contribution in [1.29, 1.82) is 0 Å². The molecule has 1 fully saturated rings. The van der Waals surface area contributed by atoms with Gasteiger partial charge in [0.25, 0.3) is 5.91 Å². The number of alkyl halides is 5. The monoisotopic (exact) mass is 385 g/mol. The summed E-state index contributed by atoms with van der Waals surface area (Å²) in [4.78, 5) is 11.4. The molecule has 1 amide bonds. The normalized spacial score (nSPS) is 22.0. The molecule has 0 radical (unpaired) electrons. The van der Waals surface area contributed by atoms with Gasteiger partial charge in [-0.25, -0.2) is 8.42 Å². The van der Waals surface area contributed by atoms with Gasteiger partial charge in [0, 0.05) is 11.6 Å². The van der Waals surface area contributed by atoms with E-state index in [4.69, 9.17) is 0 Å². The van der Waals surface area contributed by atoms with Gasteiger partial charge >= 0.3 is 11.9 Å². The molecule has 4 nitrogen and oxygen atoms in total. The summed E-state index contributed by atoms with van der Waals surface area (Å²) in [5.74, 6) is -6.03. The molecule has 0 spiro atoms. The Bertz CT molecular complexity index is 716. The third kappa shape index (κ3) is 4.47. The SMILES string of the molecule is O=C(N[C@H]1CCCC[C@H]1C(F)(F)F)c1ccc(S(=O)(=O)C(F)F)cc1. The van der Waals surface area contributed by atoms with Gasteiger partial charge in [-0.1, -0.05) is 12.8 Å². The maximum Gasteiger partial charge on any atom is 0.393 e. The highest BCUT2D eigenvalue weighted by atomic mass is 32.2. The third-order valence-corrected chi connectivity index (χ3v) is 5.58. The number of hydrogen-bond donors (Lipinski definition) is 1. The van der Waals surface area contributed by atoms with Crippen molar-refractivity contribution < 1.29 is 35.2 Å². The number of amides is 1. The average molecular weight is 385 g/mol. The molecule has 0 bridgehead atoms. The predicted molar refractivity (Wildman–Crippen MR) is 78.9 cm³/mol. The maximum atomic E-state index is 13.0. The summed E-state index contributed by atoms with van der Waals surface area (Å²) in [6, 6.07) is 2.59. The molecule has 1 aliphatic rings. The summed E-state index contributed by atoms with van der Waals surface area (Å²) >= 11 is 0. The Kier molecular flexibility index (Phi) is 5.70. The van der Waals surface area contributed by atoms with Crippen molar-refractivity contribution >= 4 is 15.7 Å². The topological polar surface area (TPSA) is 63.2 Å². The molecule has 1 aliphatic carbocycles. The molecule has 140 valence electrons. The van der Waals surface area contributed by atoms with Gasteiger partial charge in [0.05, 0.1) is 10.8 Å². The Morgan fingerprint density at radius 2 is 1.64 bits per heavy atom. The molecule has 0 saturated heterocycles. The third-order valence-electron chi connectivity index (χ3n) is 4.18. The summed E-state index contributed by atoms with van der Waals surface area (Å²) in [6.07, 6.45) is -3.32. The van der Waals surface area contributed by atoms with Gasteiger partial charge in [-0.2, -0.15) is 22.0 Å². The number of benzene rings is 1. The summed E-state index contributed by atoms with van der Waals surface area (Å²) in [5, 5.41) is 2.32. The zero-order valence-corrected chi connectivity index (χ0v) is 13.7. The van der Waals surface area contributed by atoms with E-state index < -0.39 is 44.5 Å². The number of carbonyl (C=O) groups is 1. The largest absolute Gasteiger partial charge is 0.393 e. The van der Waals surface area contributed by atoms with Crippen LogP contribution in [0.25, 0.3) is 0 Å². The highest BCUT2D eigenvalue weighted by molar-refractivity contribution is 7.91. The zero-order chi connectivity index (χ0) is 18.8. The lowest BCUT2D eigenvalue weighted by molar-refractivity contribution is -0.187. The lowest BCUT2D eigenvalue weighted by Crippen LogP contribution is -2.47. The second-order valence-corrected chi connectivity index (χ2v) is 7.76. The van der Waals surface area contributed by atoms with Crippen molar-refractivity contribution in [3.63, 3.8) is 0 Å². The van der Waals surface area contributed by atoms with Crippen LogP contribution in [0.3, 0.4) is 0 Å². The molecule has 2 atom stereocenters. The van der Waals surface area contributed by atoms with E-state index in [1.807, 2.05) is 0 Å². The van der Waals surface area contributed by atoms with Crippen LogP contribution in [0, 0.1) is 5.92 Å². The van der Waals surface area contributed by atoms with Crippen molar-refractivity contribution in [3.8, 4) is 0 Å². The summed E-state index contributed by atoms with van der Waals surface area (Å²) in [6.45, 7) is 0. The van der Waals surface area contributed by atoms with E-state index in [1.54, 1.807) is 0 Å². The minimum Gasteiger partial charge on any atom is -0.349 e. The molecule has 2 rings (SSSR count). The van der Waals surface area contributed by atoms with Gasteiger partial charge < -0.3 is 5.32 Å². The molecule has 1 aromatic rings. The fourth-order valence-electron chi connectivity index (χ4n) is 2.85. The van der Waals surface area contributed by atoms with Crippen LogP contribution >= 0.6 is 0 Å². The van der Waals surface area contributed by atoms with Crippen LogP contribution in [-0.4, -0.2) is 32.3 Å². The van der Waals surface area contributed by atoms with Gasteiger partial charge in [-0.3, -0.25) is 4.79 Å². The molecule has 0 aliphatic heterocycles. The fraction of sp³-hybridized carbons (Fsp3) is 0.533. The Balaban J connectivity index is 2.13. The molecule has 1 saturated carbocycles. The number of halogens is 5. The smallest absolute Gasteiger partial charge is 0.349 e. The van der Waals surface area contributed by atoms with E-state index in [2.05, 4.69) is 5.32 Å². The number of carbonyl (C=O) groups excluding carboxylic acids is 1. The van der Waals surface area contributed by atoms with Crippen molar-refractivity contribution in [2.45, 2.75) is 48.6 Å². The van der Waals surface area contributed by atoms with Crippen LogP contribution in [-0.2, 0) is 9.84 Å². The van der Waals surface area contributed by atoms with E-state index in [0.717, 1.165) is 24.3 Å². The van der Waals surface area contributed by atoms with Crippen LogP contribution in [0.1, 0.15) is 36.0 Å². The standard InChI is InChI=1S/C15H16F5NO3S/c16-14(17)25(23,24)10-7-5-9(6-8-10)13(22)21-12-4-2-1-3-11(12)15(18,19)20/h5-8,11-12,14H,1-4H2,(H,21,22)/t11-,12+/m1/s1. The molecule has 0 unspecified atom stereocenters. The summed E-state index contributed by atoms with van der Waals surface area (Å²) in [5.41, 5.74) is -0.0975. The zero-order valence-electron chi connectivity index (χ0n) is 12.9. The predicted octanol–water partition coefficient (Wildman–Crippen LogP) is 3.53. The van der Waals surface area contributed by atoms with E-state index in [0.29, 0.717) is 12.8 Å². The molecule has 1 aromatic carbocycles. The number of nitrogens with one attached hydrogen (secondary N) is 1. The van der Waals surface area contributed by atoms with Crippen LogP contribution in [0.4, 0.5) is 22.0 Å². The van der Waals surface area contributed by atoms with Crippen LogP contribution in [0.2, 0.25) is 0 Å². The highest BCUT2D eigenvalue weighted by Gasteiger charge is 2.46. The van der Waals surface area contributed by atoms with Gasteiger partial charge in [0.2, 0.25) is 9.84 Å². The van der Waals surface area contributed by atoms with Crippen LogP contribution in [0.15, 0.2) is 29.2 Å². The van der Waals surface area contributed by atoms with Crippen LogP contribution < -0.4 is 5.32 Å². The van der Waals surface area contributed by atoms with Crippen molar-refractivity contribution in [2.75, 3.05) is 0 Å².